The summed E-state index contributed by atoms with van der Waals surface area (Å²) in [5.41, 5.74) is -2.13. The molecule has 0 amide bonds. The molecule has 4 fully saturated rings. The molecule has 0 aromatic carbocycles. The highest BCUT2D eigenvalue weighted by Gasteiger charge is 2.52. The predicted molar refractivity (Wildman–Crippen MR) is 292 cm³/mol. The van der Waals surface area contributed by atoms with Crippen LogP contribution in [0.15, 0.2) is 0 Å². The van der Waals surface area contributed by atoms with Crippen LogP contribution in [0, 0.1) is 11.8 Å². The molecule has 418 valence electrons. The minimum atomic E-state index is -1.35. The maximum Gasteiger partial charge on any atom is 0.310 e. The largest absolute Gasteiger partial charge is 0.462 e. The van der Waals surface area contributed by atoms with Crippen LogP contribution in [0.3, 0.4) is 0 Å². The van der Waals surface area contributed by atoms with Gasteiger partial charge in [0.05, 0.1) is 24.7 Å². The minimum absolute atomic E-state index is 0.245. The van der Waals surface area contributed by atoms with Crippen LogP contribution in [0.4, 0.5) is 0 Å². The van der Waals surface area contributed by atoms with Gasteiger partial charge in [-0.3, -0.25) is 38.8 Å². The summed E-state index contributed by atoms with van der Waals surface area (Å²) in [5, 5.41) is 0. The summed E-state index contributed by atoms with van der Waals surface area (Å²) in [6.45, 7) is 48.0. The fourth-order valence-corrected chi connectivity index (χ4v) is 15.0. The summed E-state index contributed by atoms with van der Waals surface area (Å²) >= 11 is 0. The van der Waals surface area contributed by atoms with Crippen molar-refractivity contribution in [2.75, 3.05) is 26.2 Å². The van der Waals surface area contributed by atoms with Gasteiger partial charge in [-0.05, 0) is 163 Å². The van der Waals surface area contributed by atoms with Crippen LogP contribution < -0.4 is 0 Å². The maximum atomic E-state index is 15.3. The lowest BCUT2D eigenvalue weighted by molar-refractivity contribution is -0.184. The Labute approximate surface area is 440 Å². The van der Waals surface area contributed by atoms with Gasteiger partial charge < -0.3 is 18.9 Å². The van der Waals surface area contributed by atoms with Gasteiger partial charge in [0.1, 0.15) is 24.4 Å². The van der Waals surface area contributed by atoms with Crippen molar-refractivity contribution in [1.82, 2.24) is 19.6 Å². The van der Waals surface area contributed by atoms with Gasteiger partial charge >= 0.3 is 23.9 Å². The number of hydrogen-bond acceptors (Lipinski definition) is 12. The van der Waals surface area contributed by atoms with E-state index in [4.69, 9.17) is 18.9 Å². The molecular weight excluding hydrogens is 905 g/mol. The fraction of sp³-hybridized carbons (Fsp3) is 0.933. The number of carbonyl (C=O) groups excluding carboxylic acids is 4. The van der Waals surface area contributed by atoms with Gasteiger partial charge in [0.25, 0.3) is 0 Å². The van der Waals surface area contributed by atoms with E-state index in [1.807, 2.05) is 0 Å². The lowest BCUT2D eigenvalue weighted by Gasteiger charge is -2.55. The first-order valence-corrected chi connectivity index (χ1v) is 29.0. The van der Waals surface area contributed by atoms with Gasteiger partial charge in [-0.1, -0.05) is 53.4 Å². The van der Waals surface area contributed by atoms with E-state index in [1.165, 1.54) is 0 Å². The zero-order valence-electron chi connectivity index (χ0n) is 50.1. The highest BCUT2D eigenvalue weighted by atomic mass is 16.6. The third-order valence-electron chi connectivity index (χ3n) is 17.6. The van der Waals surface area contributed by atoms with E-state index >= 15 is 9.59 Å². The topological polar surface area (TPSA) is 118 Å². The number of likely N-dealkylation sites (tertiary alicyclic amines) is 4. The van der Waals surface area contributed by atoms with Gasteiger partial charge in [0, 0.05) is 95.7 Å². The molecule has 4 saturated heterocycles. The average Bonchev–Trinajstić information content (AvgIpc) is 3.18. The van der Waals surface area contributed by atoms with Crippen molar-refractivity contribution >= 4 is 23.9 Å². The van der Waals surface area contributed by atoms with E-state index < -0.39 is 73.0 Å². The number of unbranched alkanes of at least 4 members (excludes halogenated alkanes) is 4. The molecule has 12 nitrogen and oxygen atoms in total. The Hall–Kier alpha value is -2.28. The minimum Gasteiger partial charge on any atom is -0.462 e. The Morgan fingerprint density at radius 2 is 0.528 bits per heavy atom. The van der Waals surface area contributed by atoms with E-state index in [2.05, 4.69) is 158 Å². The number of esters is 4. The van der Waals surface area contributed by atoms with Crippen molar-refractivity contribution < 1.29 is 38.1 Å². The number of carbonyl (C=O) groups is 4. The molecule has 0 radical (unpaired) electrons. The summed E-state index contributed by atoms with van der Waals surface area (Å²) in [6.07, 6.45) is 10.9. The van der Waals surface area contributed by atoms with Crippen molar-refractivity contribution in [3.63, 3.8) is 0 Å². The first-order chi connectivity index (χ1) is 33.1. The van der Waals surface area contributed by atoms with Gasteiger partial charge in [-0.15, -0.1) is 0 Å². The summed E-state index contributed by atoms with van der Waals surface area (Å²) in [6, 6.07) is 0. The zero-order valence-corrected chi connectivity index (χ0v) is 50.1. The van der Waals surface area contributed by atoms with Crippen LogP contribution in [-0.4, -0.2) is 138 Å². The highest BCUT2D eigenvalue weighted by molar-refractivity contribution is 5.89. The van der Waals surface area contributed by atoms with Crippen LogP contribution in [0.5, 0.6) is 0 Å². The van der Waals surface area contributed by atoms with Gasteiger partial charge in [-0.2, -0.15) is 0 Å². The predicted octanol–water partition coefficient (Wildman–Crippen LogP) is 12.5. The lowest BCUT2D eigenvalue weighted by atomic mass is 9.77. The third-order valence-corrected chi connectivity index (χ3v) is 17.6. The van der Waals surface area contributed by atoms with E-state index in [1.54, 1.807) is 0 Å². The van der Waals surface area contributed by atoms with Crippen LogP contribution in [0.2, 0.25) is 0 Å². The van der Waals surface area contributed by atoms with E-state index in [0.717, 1.165) is 77.5 Å². The van der Waals surface area contributed by atoms with Crippen molar-refractivity contribution in [2.24, 2.45) is 11.8 Å². The Balaban J connectivity index is 1.75. The molecule has 4 rings (SSSR count). The summed E-state index contributed by atoms with van der Waals surface area (Å²) in [7, 11) is 0. The van der Waals surface area contributed by atoms with Gasteiger partial charge in [-0.25, -0.2) is 0 Å². The fourth-order valence-electron chi connectivity index (χ4n) is 15.0. The highest BCUT2D eigenvalue weighted by Crippen LogP contribution is 2.45. The molecule has 0 spiro atoms. The summed E-state index contributed by atoms with van der Waals surface area (Å²) < 4.78 is 26.1. The normalized spacial score (nSPS) is 25.6. The molecule has 4 aliphatic heterocycles. The monoisotopic (exact) mass is 1010 g/mol. The molecule has 0 aromatic heterocycles. The second-order valence-corrected chi connectivity index (χ2v) is 28.1. The van der Waals surface area contributed by atoms with E-state index in [0.29, 0.717) is 51.4 Å². The Bertz CT molecular complexity index is 1600. The number of rotatable bonds is 23. The summed E-state index contributed by atoms with van der Waals surface area (Å²) in [4.78, 5) is 70.1. The second kappa shape index (κ2) is 24.4. The number of hydrogen-bond donors (Lipinski definition) is 0. The molecule has 4 heterocycles. The molecule has 12 heteroatoms. The van der Waals surface area contributed by atoms with Crippen LogP contribution in [0.1, 0.15) is 254 Å². The van der Waals surface area contributed by atoms with Crippen LogP contribution in [0.25, 0.3) is 0 Å². The average molecular weight is 1020 g/mol. The zero-order chi connectivity index (χ0) is 54.5. The third kappa shape index (κ3) is 15.9. The lowest BCUT2D eigenvalue weighted by Crippen LogP contribution is -2.63. The maximum absolute atomic E-state index is 15.3. The van der Waals surface area contributed by atoms with Crippen molar-refractivity contribution in [3.8, 4) is 0 Å². The Morgan fingerprint density at radius 3 is 0.708 bits per heavy atom. The first kappa shape index (κ1) is 62.3. The molecule has 4 aliphatic rings. The molecule has 2 atom stereocenters. The van der Waals surface area contributed by atoms with Crippen molar-refractivity contribution in [3.05, 3.63) is 0 Å². The molecule has 2 unspecified atom stereocenters. The van der Waals surface area contributed by atoms with E-state index in [-0.39, 0.29) is 44.3 Å². The Morgan fingerprint density at radius 1 is 0.347 bits per heavy atom. The molecule has 72 heavy (non-hydrogen) atoms. The molecular formula is C60H110N4O8. The van der Waals surface area contributed by atoms with Crippen molar-refractivity contribution in [2.45, 2.75) is 323 Å². The molecule has 0 aromatic rings. The molecule has 0 N–H and O–H groups in total. The smallest absolute Gasteiger partial charge is 0.310 e. The quantitative estimate of drug-likeness (QED) is 0.0716. The number of nitrogens with zero attached hydrogens (tertiary/aromatic N) is 4. The van der Waals surface area contributed by atoms with Gasteiger partial charge in [0.2, 0.25) is 0 Å². The standard InChI is InChI=1S/C60H110N4O8/c1-21-25-29-61-53(5,6)35-43(36-54(61,7)8)69-49(65)33-47(51(67)71-45-39-57(13,14)63(31-27-23-3)58(15,16)40-45)48(52(68)72-46-41-59(17,18)64(32-28-24-4)60(19,20)42-46)34-50(66)70-44-37-55(9,10)62(30-26-22-2)56(11,12)38-44/h43-48H,21-42H2,1-20H3. The van der Waals surface area contributed by atoms with Crippen molar-refractivity contribution in [1.29, 1.82) is 0 Å². The van der Waals surface area contributed by atoms with Gasteiger partial charge in [0.15, 0.2) is 0 Å². The first-order valence-electron chi connectivity index (χ1n) is 29.0. The molecule has 0 aliphatic carbocycles. The van der Waals surface area contributed by atoms with E-state index in [9.17, 15) is 9.59 Å². The Kier molecular flexibility index (Phi) is 21.1. The second-order valence-electron chi connectivity index (χ2n) is 28.1. The summed E-state index contributed by atoms with van der Waals surface area (Å²) in [5.74, 6) is -5.18. The molecule has 0 bridgehead atoms. The number of ether oxygens (including phenoxy) is 4. The molecule has 0 saturated carbocycles. The van der Waals surface area contributed by atoms with Crippen LogP contribution >= 0.6 is 0 Å². The SMILES string of the molecule is CCCCN1C(C)(C)CC(OC(=O)CC(C(=O)OC2CC(C)(C)N(CCCC)C(C)(C)C2)C(CC(=O)OC2CC(C)(C)N(CCCC)C(C)(C)C2)C(=O)OC2CC(C)(C)N(CCCC)C(C)(C)C2)CC1(C)C. The van der Waals surface area contributed by atoms with Crippen LogP contribution in [-0.2, 0) is 38.1 Å². The number of piperidine rings is 4.